The third-order valence-corrected chi connectivity index (χ3v) is 7.30. The SMILES string of the molecule is Cc1ccc(NC(=O)C(C)Sc2nc3sc(C)c(C)c3c(=O)n2C)c(Br)c1. The molecule has 2 aromatic heterocycles. The first-order chi connectivity index (χ1) is 12.7. The molecule has 0 aliphatic rings. The van der Waals surface area contributed by atoms with Crippen molar-refractivity contribution in [3.63, 3.8) is 0 Å². The Kier molecular flexibility index (Phi) is 5.79. The van der Waals surface area contributed by atoms with Crippen molar-refractivity contribution in [3.05, 3.63) is 49.0 Å². The number of hydrogen-bond acceptors (Lipinski definition) is 5. The zero-order valence-electron chi connectivity index (χ0n) is 15.7. The molecule has 2 heterocycles. The molecule has 0 saturated carbocycles. The lowest BCUT2D eigenvalue weighted by Gasteiger charge is -2.14. The first-order valence-electron chi connectivity index (χ1n) is 8.39. The second-order valence-electron chi connectivity index (χ2n) is 6.45. The summed E-state index contributed by atoms with van der Waals surface area (Å²) in [5.41, 5.74) is 2.74. The van der Waals surface area contributed by atoms with E-state index in [1.807, 2.05) is 45.9 Å². The maximum absolute atomic E-state index is 12.7. The Morgan fingerprint density at radius 2 is 2.04 bits per heavy atom. The smallest absolute Gasteiger partial charge is 0.262 e. The number of nitrogens with zero attached hydrogens (tertiary/aromatic N) is 2. The van der Waals surface area contributed by atoms with E-state index in [1.54, 1.807) is 7.05 Å². The minimum absolute atomic E-state index is 0.0711. The van der Waals surface area contributed by atoms with Gasteiger partial charge in [0.25, 0.3) is 5.56 Å². The van der Waals surface area contributed by atoms with E-state index in [1.165, 1.54) is 27.7 Å². The number of hydrogen-bond donors (Lipinski definition) is 1. The number of benzene rings is 1. The van der Waals surface area contributed by atoms with Gasteiger partial charge in [0, 0.05) is 16.4 Å². The molecule has 1 unspecified atom stereocenters. The first-order valence-corrected chi connectivity index (χ1v) is 10.9. The largest absolute Gasteiger partial charge is 0.324 e. The highest BCUT2D eigenvalue weighted by atomic mass is 79.9. The number of fused-ring (bicyclic) bond motifs is 1. The number of carbonyl (C=O) groups is 1. The minimum atomic E-state index is -0.407. The maximum atomic E-state index is 12.7. The van der Waals surface area contributed by atoms with Crippen LogP contribution >= 0.6 is 39.0 Å². The molecule has 27 heavy (non-hydrogen) atoms. The summed E-state index contributed by atoms with van der Waals surface area (Å²) in [6.45, 7) is 7.73. The molecule has 0 aliphatic carbocycles. The van der Waals surface area contributed by atoms with Crippen LogP contribution in [0.25, 0.3) is 10.2 Å². The van der Waals surface area contributed by atoms with E-state index >= 15 is 0 Å². The molecule has 0 spiro atoms. The normalized spacial score (nSPS) is 12.4. The van der Waals surface area contributed by atoms with Crippen molar-refractivity contribution in [2.45, 2.75) is 38.1 Å². The predicted molar refractivity (Wildman–Crippen MR) is 117 cm³/mol. The van der Waals surface area contributed by atoms with Crippen molar-refractivity contribution in [1.29, 1.82) is 0 Å². The Bertz CT molecular complexity index is 1100. The van der Waals surface area contributed by atoms with Gasteiger partial charge in [-0.3, -0.25) is 14.2 Å². The van der Waals surface area contributed by atoms with Gasteiger partial charge < -0.3 is 5.32 Å². The van der Waals surface area contributed by atoms with E-state index in [9.17, 15) is 9.59 Å². The van der Waals surface area contributed by atoms with Gasteiger partial charge in [-0.15, -0.1) is 11.3 Å². The Balaban J connectivity index is 1.85. The molecule has 0 radical (unpaired) electrons. The van der Waals surface area contributed by atoms with Crippen molar-refractivity contribution in [2.75, 3.05) is 5.32 Å². The Labute approximate surface area is 174 Å². The summed E-state index contributed by atoms with van der Waals surface area (Å²) in [4.78, 5) is 31.8. The van der Waals surface area contributed by atoms with E-state index in [4.69, 9.17) is 0 Å². The molecule has 0 fully saturated rings. The summed E-state index contributed by atoms with van der Waals surface area (Å²) in [5.74, 6) is -0.141. The van der Waals surface area contributed by atoms with E-state index in [0.29, 0.717) is 10.5 Å². The van der Waals surface area contributed by atoms with Crippen LogP contribution in [0.1, 0.15) is 22.9 Å². The fourth-order valence-electron chi connectivity index (χ4n) is 2.63. The van der Waals surface area contributed by atoms with Gasteiger partial charge in [0.15, 0.2) is 5.16 Å². The standard InChI is InChI=1S/C19H20BrN3O2S2/c1-9-6-7-14(13(20)8-9)21-16(24)12(4)27-19-22-17-15(18(25)23(19)5)10(2)11(3)26-17/h6-8,12H,1-5H3,(H,21,24). The van der Waals surface area contributed by atoms with Crippen LogP contribution in [0.2, 0.25) is 0 Å². The molecule has 1 amide bonds. The van der Waals surface area contributed by atoms with E-state index in [-0.39, 0.29) is 11.5 Å². The van der Waals surface area contributed by atoms with Crippen molar-refractivity contribution in [3.8, 4) is 0 Å². The molecule has 0 saturated heterocycles. The summed E-state index contributed by atoms with van der Waals surface area (Å²) in [6, 6.07) is 5.76. The molecular weight excluding hydrogens is 446 g/mol. The summed E-state index contributed by atoms with van der Waals surface area (Å²) in [7, 11) is 1.70. The lowest BCUT2D eigenvalue weighted by molar-refractivity contribution is -0.115. The highest BCUT2D eigenvalue weighted by Gasteiger charge is 2.20. The molecule has 3 aromatic rings. The lowest BCUT2D eigenvalue weighted by Crippen LogP contribution is -2.25. The van der Waals surface area contributed by atoms with Crippen LogP contribution in [0, 0.1) is 20.8 Å². The van der Waals surface area contributed by atoms with Gasteiger partial charge in [-0.25, -0.2) is 4.98 Å². The molecule has 1 aromatic carbocycles. The lowest BCUT2D eigenvalue weighted by atomic mass is 10.2. The minimum Gasteiger partial charge on any atom is -0.324 e. The van der Waals surface area contributed by atoms with E-state index < -0.39 is 5.25 Å². The highest BCUT2D eigenvalue weighted by molar-refractivity contribution is 9.10. The summed E-state index contributed by atoms with van der Waals surface area (Å²) >= 11 is 6.27. The Morgan fingerprint density at radius 1 is 1.33 bits per heavy atom. The number of thiophene rings is 1. The molecule has 5 nitrogen and oxygen atoms in total. The van der Waals surface area contributed by atoms with Crippen LogP contribution in [0.4, 0.5) is 5.69 Å². The number of thioether (sulfide) groups is 1. The third-order valence-electron chi connectivity index (χ3n) is 4.40. The van der Waals surface area contributed by atoms with Crippen LogP contribution in [-0.2, 0) is 11.8 Å². The number of aromatic nitrogens is 2. The van der Waals surface area contributed by atoms with Crippen LogP contribution in [-0.4, -0.2) is 20.7 Å². The monoisotopic (exact) mass is 465 g/mol. The summed E-state index contributed by atoms with van der Waals surface area (Å²) in [5, 5.41) is 3.73. The zero-order valence-corrected chi connectivity index (χ0v) is 18.9. The predicted octanol–water partition coefficient (Wildman–Crippen LogP) is 4.80. The van der Waals surface area contributed by atoms with Crippen LogP contribution in [0.5, 0.6) is 0 Å². The van der Waals surface area contributed by atoms with Crippen LogP contribution < -0.4 is 10.9 Å². The van der Waals surface area contributed by atoms with Gasteiger partial charge in [-0.05, 0) is 66.9 Å². The Hall–Kier alpha value is -1.64. The van der Waals surface area contributed by atoms with E-state index in [0.717, 1.165) is 31.0 Å². The number of nitrogens with one attached hydrogen (secondary N) is 1. The number of rotatable bonds is 4. The van der Waals surface area contributed by atoms with Crippen LogP contribution in [0.3, 0.4) is 0 Å². The second kappa shape index (κ2) is 7.77. The molecule has 142 valence electrons. The summed E-state index contributed by atoms with van der Waals surface area (Å²) in [6.07, 6.45) is 0. The average Bonchev–Trinajstić information content (AvgIpc) is 2.89. The number of carbonyl (C=O) groups excluding carboxylic acids is 1. The van der Waals surface area contributed by atoms with Crippen molar-refractivity contribution in [1.82, 2.24) is 9.55 Å². The third kappa shape index (κ3) is 3.97. The quantitative estimate of drug-likeness (QED) is 0.443. The maximum Gasteiger partial charge on any atom is 0.262 e. The molecular formula is C19H20BrN3O2S2. The number of amides is 1. The van der Waals surface area contributed by atoms with Gasteiger partial charge in [0.1, 0.15) is 4.83 Å². The topological polar surface area (TPSA) is 64.0 Å². The first kappa shape index (κ1) is 20.1. The number of anilines is 1. The Morgan fingerprint density at radius 3 is 2.70 bits per heavy atom. The van der Waals surface area contributed by atoms with Gasteiger partial charge >= 0.3 is 0 Å². The fraction of sp³-hybridized carbons (Fsp3) is 0.316. The van der Waals surface area contributed by atoms with Gasteiger partial charge in [-0.1, -0.05) is 17.8 Å². The molecule has 0 bridgehead atoms. The second-order valence-corrected chi connectivity index (χ2v) is 9.82. The molecule has 1 atom stereocenters. The molecule has 8 heteroatoms. The zero-order chi connectivity index (χ0) is 19.9. The summed E-state index contributed by atoms with van der Waals surface area (Å²) < 4.78 is 2.36. The number of halogens is 1. The van der Waals surface area contributed by atoms with Crippen molar-refractivity contribution in [2.24, 2.45) is 7.05 Å². The average molecular weight is 466 g/mol. The molecule has 1 N–H and O–H groups in total. The molecule has 0 aliphatic heterocycles. The van der Waals surface area contributed by atoms with Crippen LogP contribution in [0.15, 0.2) is 32.6 Å². The van der Waals surface area contributed by atoms with Crippen molar-refractivity contribution < 1.29 is 4.79 Å². The highest BCUT2D eigenvalue weighted by Crippen LogP contribution is 2.30. The van der Waals surface area contributed by atoms with Gasteiger partial charge in [0.2, 0.25) is 5.91 Å². The van der Waals surface area contributed by atoms with Gasteiger partial charge in [0.05, 0.1) is 16.3 Å². The van der Waals surface area contributed by atoms with Crippen molar-refractivity contribution >= 4 is 60.8 Å². The van der Waals surface area contributed by atoms with E-state index in [2.05, 4.69) is 26.2 Å². The number of aryl methyl sites for hydroxylation is 3. The fourth-order valence-corrected chi connectivity index (χ4v) is 5.17. The molecule has 3 rings (SSSR count). The van der Waals surface area contributed by atoms with Gasteiger partial charge in [-0.2, -0.15) is 0 Å².